The minimum atomic E-state index is -4.30. The summed E-state index contributed by atoms with van der Waals surface area (Å²) in [5.41, 5.74) is 1.11. The highest BCUT2D eigenvalue weighted by Crippen LogP contribution is 2.34. The fourth-order valence-corrected chi connectivity index (χ4v) is 2.45. The first-order valence-electron chi connectivity index (χ1n) is 6.77. The zero-order valence-electron chi connectivity index (χ0n) is 11.6. The van der Waals surface area contributed by atoms with Crippen molar-refractivity contribution >= 4 is 11.7 Å². The van der Waals surface area contributed by atoms with E-state index in [0.29, 0.717) is 12.8 Å². The topological polar surface area (TPSA) is 38.7 Å². The number of carbonyl (C=O) groups is 1. The van der Waals surface area contributed by atoms with E-state index in [1.54, 1.807) is 12.1 Å². The van der Waals surface area contributed by atoms with Crippen LogP contribution >= 0.6 is 0 Å². The molecule has 1 aliphatic carbocycles. The Morgan fingerprint density at radius 3 is 2.24 bits per heavy atom. The van der Waals surface area contributed by atoms with Gasteiger partial charge in [-0.1, -0.05) is 17.3 Å². The first-order valence-corrected chi connectivity index (χ1v) is 6.77. The van der Waals surface area contributed by atoms with Gasteiger partial charge in [0.2, 0.25) is 0 Å². The number of oxime groups is 1. The monoisotopic (exact) mass is 299 g/mol. The Morgan fingerprint density at radius 1 is 1.19 bits per heavy atom. The molecule has 3 nitrogen and oxygen atoms in total. The minimum Gasteiger partial charge on any atom is -0.319 e. The quantitative estimate of drug-likeness (QED) is 0.604. The molecule has 0 heterocycles. The Balaban J connectivity index is 1.96. The van der Waals surface area contributed by atoms with Gasteiger partial charge in [0, 0.05) is 6.92 Å². The third kappa shape index (κ3) is 4.31. The molecule has 1 aromatic carbocycles. The lowest BCUT2D eigenvalue weighted by molar-refractivity contribution is -0.141. The van der Waals surface area contributed by atoms with Crippen LogP contribution in [0.3, 0.4) is 0 Å². The first kappa shape index (κ1) is 15.5. The summed E-state index contributed by atoms with van der Waals surface area (Å²) >= 11 is 0. The van der Waals surface area contributed by atoms with E-state index in [4.69, 9.17) is 0 Å². The molecule has 6 heteroatoms. The van der Waals surface area contributed by atoms with Gasteiger partial charge in [-0.25, -0.2) is 4.79 Å². The van der Waals surface area contributed by atoms with Gasteiger partial charge in [0.25, 0.3) is 0 Å². The molecule has 114 valence electrons. The third-order valence-electron chi connectivity index (χ3n) is 3.58. The second-order valence-electron chi connectivity index (χ2n) is 5.13. The lowest BCUT2D eigenvalue weighted by atomic mass is 9.83. The van der Waals surface area contributed by atoms with Crippen molar-refractivity contribution in [2.75, 3.05) is 0 Å². The molecule has 0 aliphatic heterocycles. The van der Waals surface area contributed by atoms with Gasteiger partial charge in [0.05, 0.1) is 11.3 Å². The van der Waals surface area contributed by atoms with Crippen LogP contribution in [0.2, 0.25) is 0 Å². The summed E-state index contributed by atoms with van der Waals surface area (Å²) in [5.74, 6) is -0.226. The summed E-state index contributed by atoms with van der Waals surface area (Å²) in [6, 6.07) is 5.33. The van der Waals surface area contributed by atoms with Crippen LogP contribution in [-0.4, -0.2) is 11.7 Å². The molecule has 0 radical (unpaired) electrons. The van der Waals surface area contributed by atoms with Crippen LogP contribution in [0.1, 0.15) is 49.7 Å². The zero-order valence-corrected chi connectivity index (χ0v) is 11.6. The Kier molecular flexibility index (Phi) is 4.65. The molecule has 0 atom stereocenters. The van der Waals surface area contributed by atoms with E-state index in [1.165, 1.54) is 6.92 Å². The van der Waals surface area contributed by atoms with E-state index in [9.17, 15) is 18.0 Å². The maximum atomic E-state index is 12.5. The SMILES string of the molecule is CC(=O)ON=C1CCC(c2ccc(C(F)(F)F)cc2)CC1. The molecule has 0 unspecified atom stereocenters. The van der Waals surface area contributed by atoms with E-state index in [-0.39, 0.29) is 5.92 Å². The average molecular weight is 299 g/mol. The number of rotatable bonds is 2. The van der Waals surface area contributed by atoms with E-state index in [1.807, 2.05) is 0 Å². The van der Waals surface area contributed by atoms with Crippen LogP contribution in [0.4, 0.5) is 13.2 Å². The summed E-state index contributed by atoms with van der Waals surface area (Å²) in [6.45, 7) is 1.29. The lowest BCUT2D eigenvalue weighted by Crippen LogP contribution is -2.14. The Morgan fingerprint density at radius 2 is 1.76 bits per heavy atom. The van der Waals surface area contributed by atoms with Crippen LogP contribution in [0.5, 0.6) is 0 Å². The number of hydrogen-bond acceptors (Lipinski definition) is 3. The van der Waals surface area contributed by atoms with Crippen molar-refractivity contribution in [1.29, 1.82) is 0 Å². The van der Waals surface area contributed by atoms with Crippen molar-refractivity contribution in [2.45, 2.75) is 44.7 Å². The molecule has 1 aromatic rings. The Bertz CT molecular complexity index is 525. The van der Waals surface area contributed by atoms with Crippen molar-refractivity contribution in [2.24, 2.45) is 5.16 Å². The number of hydrogen-bond donors (Lipinski definition) is 0. The smallest absolute Gasteiger partial charge is 0.319 e. The van der Waals surface area contributed by atoms with Crippen LogP contribution < -0.4 is 0 Å². The molecule has 0 aromatic heterocycles. The molecule has 0 amide bonds. The van der Waals surface area contributed by atoms with Gasteiger partial charge in [-0.15, -0.1) is 0 Å². The number of benzene rings is 1. The van der Waals surface area contributed by atoms with E-state index >= 15 is 0 Å². The molecule has 0 N–H and O–H groups in total. The zero-order chi connectivity index (χ0) is 15.5. The molecule has 0 bridgehead atoms. The van der Waals surface area contributed by atoms with Gasteiger partial charge >= 0.3 is 12.1 Å². The van der Waals surface area contributed by atoms with Crippen molar-refractivity contribution in [1.82, 2.24) is 0 Å². The maximum absolute atomic E-state index is 12.5. The predicted molar refractivity (Wildman–Crippen MR) is 71.9 cm³/mol. The van der Waals surface area contributed by atoms with E-state index in [2.05, 4.69) is 9.99 Å². The number of carbonyl (C=O) groups excluding carboxylic acids is 1. The van der Waals surface area contributed by atoms with Gasteiger partial charge in [0.15, 0.2) is 0 Å². The van der Waals surface area contributed by atoms with Crippen molar-refractivity contribution in [3.63, 3.8) is 0 Å². The third-order valence-corrected chi connectivity index (χ3v) is 3.58. The first-order chi connectivity index (χ1) is 9.86. The minimum absolute atomic E-state index is 0.226. The summed E-state index contributed by atoms with van der Waals surface area (Å²) in [6.07, 6.45) is -1.32. The summed E-state index contributed by atoms with van der Waals surface area (Å²) in [5, 5.41) is 3.78. The summed E-state index contributed by atoms with van der Waals surface area (Å²) in [7, 11) is 0. The predicted octanol–water partition coefficient (Wildman–Crippen LogP) is 4.28. The molecule has 21 heavy (non-hydrogen) atoms. The molecule has 0 spiro atoms. The number of nitrogens with zero attached hydrogens (tertiary/aromatic N) is 1. The second kappa shape index (κ2) is 6.28. The highest BCUT2D eigenvalue weighted by Gasteiger charge is 2.30. The van der Waals surface area contributed by atoms with Crippen LogP contribution in [-0.2, 0) is 15.8 Å². The maximum Gasteiger partial charge on any atom is 0.416 e. The second-order valence-corrected chi connectivity index (χ2v) is 5.13. The van der Waals surface area contributed by atoms with E-state index in [0.717, 1.165) is 36.2 Å². The molecular weight excluding hydrogens is 283 g/mol. The van der Waals surface area contributed by atoms with E-state index < -0.39 is 17.7 Å². The van der Waals surface area contributed by atoms with Crippen molar-refractivity contribution in [3.8, 4) is 0 Å². The lowest BCUT2D eigenvalue weighted by Gasteiger charge is -2.23. The molecule has 0 saturated heterocycles. The molecule has 1 saturated carbocycles. The molecule has 1 aliphatic rings. The summed E-state index contributed by atoms with van der Waals surface area (Å²) in [4.78, 5) is 15.3. The number of halogens is 3. The standard InChI is InChI=1S/C15H16F3NO2/c1-10(20)21-19-14-8-4-12(5-9-14)11-2-6-13(7-3-11)15(16,17)18/h2-3,6-7,12H,4-5,8-9H2,1H3. The fraction of sp³-hybridized carbons (Fsp3) is 0.467. The van der Waals surface area contributed by atoms with Crippen LogP contribution in [0.15, 0.2) is 29.4 Å². The van der Waals surface area contributed by atoms with Gasteiger partial charge < -0.3 is 4.84 Å². The molecule has 2 rings (SSSR count). The largest absolute Gasteiger partial charge is 0.416 e. The highest BCUT2D eigenvalue weighted by molar-refractivity contribution is 5.85. The van der Waals surface area contributed by atoms with Gasteiger partial charge in [0.1, 0.15) is 0 Å². The van der Waals surface area contributed by atoms with Crippen LogP contribution in [0, 0.1) is 0 Å². The van der Waals surface area contributed by atoms with Gasteiger partial charge in [-0.3, -0.25) is 0 Å². The normalized spacial score (nSPS) is 19.2. The highest BCUT2D eigenvalue weighted by atomic mass is 19.4. The van der Waals surface area contributed by atoms with Gasteiger partial charge in [-0.05, 0) is 49.3 Å². The molecular formula is C15H16F3NO2. The van der Waals surface area contributed by atoms with Crippen molar-refractivity contribution < 1.29 is 22.8 Å². The average Bonchev–Trinajstić information content (AvgIpc) is 2.45. The van der Waals surface area contributed by atoms with Crippen molar-refractivity contribution in [3.05, 3.63) is 35.4 Å². The summed E-state index contributed by atoms with van der Waals surface area (Å²) < 4.78 is 37.5. The fourth-order valence-electron chi connectivity index (χ4n) is 2.45. The molecule has 1 fully saturated rings. The Labute approximate surface area is 120 Å². The van der Waals surface area contributed by atoms with Gasteiger partial charge in [-0.2, -0.15) is 13.2 Å². The Hall–Kier alpha value is -1.85. The number of alkyl halides is 3. The van der Waals surface area contributed by atoms with Crippen LogP contribution in [0.25, 0.3) is 0 Å².